The molecule has 2 aromatic heterocycles. The molecule has 7 nitrogen and oxygen atoms in total. The summed E-state index contributed by atoms with van der Waals surface area (Å²) in [6.45, 7) is 0.311. The van der Waals surface area contributed by atoms with Gasteiger partial charge in [0.05, 0.1) is 16.4 Å². The van der Waals surface area contributed by atoms with Crippen LogP contribution in [0.1, 0.15) is 70.9 Å². The number of hydroxylamine groups is 1. The van der Waals surface area contributed by atoms with Crippen molar-refractivity contribution in [2.45, 2.75) is 50.1 Å². The number of alkyl halides is 5. The molecule has 0 radical (unpaired) electrons. The van der Waals surface area contributed by atoms with Crippen LogP contribution >= 0.6 is 22.9 Å². The molecule has 0 saturated carbocycles. The SMILES string of the molecule is O=C(Cn1nc(C(F)F)cc1C(F)F)N1CCC(c2nc(C3=CC(c4ccccc4CCl)ON3)cs2)CC1. The molecule has 2 aliphatic rings. The first-order chi connectivity index (χ1) is 18.3. The van der Waals surface area contributed by atoms with Gasteiger partial charge in [0.25, 0.3) is 12.9 Å². The van der Waals surface area contributed by atoms with Crippen LogP contribution in [0, 0.1) is 0 Å². The van der Waals surface area contributed by atoms with E-state index in [9.17, 15) is 22.4 Å². The summed E-state index contributed by atoms with van der Waals surface area (Å²) >= 11 is 7.59. The third-order valence-corrected chi connectivity index (χ3v) is 7.97. The maximum atomic E-state index is 13.2. The fraction of sp³-hybridized carbons (Fsp3) is 0.400. The van der Waals surface area contributed by atoms with E-state index in [1.54, 1.807) is 4.90 Å². The van der Waals surface area contributed by atoms with E-state index in [1.165, 1.54) is 11.3 Å². The van der Waals surface area contributed by atoms with Gasteiger partial charge in [-0.2, -0.15) is 5.10 Å². The quantitative estimate of drug-likeness (QED) is 0.267. The van der Waals surface area contributed by atoms with Crippen molar-refractivity contribution in [2.75, 3.05) is 13.1 Å². The van der Waals surface area contributed by atoms with Crippen LogP contribution in [0.4, 0.5) is 17.6 Å². The summed E-state index contributed by atoms with van der Waals surface area (Å²) < 4.78 is 53.0. The average Bonchev–Trinajstić information content (AvgIpc) is 3.68. The molecule has 3 aromatic rings. The van der Waals surface area contributed by atoms with Gasteiger partial charge in [0.2, 0.25) is 5.91 Å². The molecule has 202 valence electrons. The Hall–Kier alpha value is -2.96. The second kappa shape index (κ2) is 11.4. The van der Waals surface area contributed by atoms with Crippen molar-refractivity contribution in [2.24, 2.45) is 0 Å². The Kier molecular flexibility index (Phi) is 8.01. The molecule has 4 heterocycles. The molecule has 1 amide bonds. The minimum absolute atomic E-state index is 0.139. The molecule has 5 rings (SSSR count). The summed E-state index contributed by atoms with van der Waals surface area (Å²) in [6.07, 6.45) is -3.01. The van der Waals surface area contributed by atoms with Gasteiger partial charge in [0, 0.05) is 30.3 Å². The van der Waals surface area contributed by atoms with Crippen LogP contribution in [0.15, 0.2) is 41.8 Å². The first-order valence-corrected chi connectivity index (χ1v) is 13.4. The number of likely N-dealkylation sites (tertiary alicyclic amines) is 1. The second-order valence-corrected chi connectivity index (χ2v) is 10.2. The molecule has 1 fully saturated rings. The minimum atomic E-state index is -3.01. The molecule has 1 saturated heterocycles. The van der Waals surface area contributed by atoms with E-state index in [-0.39, 0.29) is 12.0 Å². The molecular weight excluding hydrogens is 546 g/mol. The zero-order valence-electron chi connectivity index (χ0n) is 20.0. The summed E-state index contributed by atoms with van der Waals surface area (Å²) in [4.78, 5) is 24.8. The van der Waals surface area contributed by atoms with Crippen molar-refractivity contribution in [3.05, 3.63) is 75.0 Å². The molecule has 0 spiro atoms. The highest BCUT2D eigenvalue weighted by Gasteiger charge is 2.29. The number of thiazole rings is 1. The first-order valence-electron chi connectivity index (χ1n) is 12.0. The molecular formula is C25H24ClF4N5O2S. The van der Waals surface area contributed by atoms with Crippen molar-refractivity contribution in [3.63, 3.8) is 0 Å². The van der Waals surface area contributed by atoms with Gasteiger partial charge in [-0.1, -0.05) is 24.3 Å². The van der Waals surface area contributed by atoms with Crippen molar-refractivity contribution in [3.8, 4) is 0 Å². The predicted octanol–water partition coefficient (Wildman–Crippen LogP) is 5.98. The molecule has 0 bridgehead atoms. The average molecular weight is 570 g/mol. The Morgan fingerprint density at radius 3 is 2.66 bits per heavy atom. The number of halogens is 5. The van der Waals surface area contributed by atoms with Gasteiger partial charge in [-0.25, -0.2) is 22.5 Å². The molecule has 0 aliphatic carbocycles. The summed E-state index contributed by atoms with van der Waals surface area (Å²) in [5, 5.41) is 6.40. The fourth-order valence-electron chi connectivity index (χ4n) is 4.63. The van der Waals surface area contributed by atoms with Crippen LogP contribution < -0.4 is 5.48 Å². The lowest BCUT2D eigenvalue weighted by molar-refractivity contribution is -0.133. The Morgan fingerprint density at radius 2 is 1.95 bits per heavy atom. The Bertz CT molecular complexity index is 1320. The van der Waals surface area contributed by atoms with E-state index < -0.39 is 36.7 Å². The van der Waals surface area contributed by atoms with Crippen LogP contribution in [0.5, 0.6) is 0 Å². The molecule has 1 unspecified atom stereocenters. The third kappa shape index (κ3) is 5.57. The molecule has 13 heteroatoms. The highest BCUT2D eigenvalue weighted by molar-refractivity contribution is 7.09. The van der Waals surface area contributed by atoms with E-state index in [4.69, 9.17) is 21.4 Å². The number of carbonyl (C=O) groups is 1. The summed E-state index contributed by atoms with van der Waals surface area (Å²) in [7, 11) is 0. The Morgan fingerprint density at radius 1 is 1.18 bits per heavy atom. The van der Waals surface area contributed by atoms with E-state index in [0.717, 1.165) is 27.5 Å². The Balaban J connectivity index is 1.19. The zero-order valence-corrected chi connectivity index (χ0v) is 21.6. The minimum Gasteiger partial charge on any atom is -0.341 e. The molecule has 38 heavy (non-hydrogen) atoms. The molecule has 1 aromatic carbocycles. The number of piperidine rings is 1. The van der Waals surface area contributed by atoms with Gasteiger partial charge in [-0.3, -0.25) is 19.8 Å². The topological polar surface area (TPSA) is 72.3 Å². The van der Waals surface area contributed by atoms with E-state index in [1.807, 2.05) is 35.7 Å². The number of hydrogen-bond acceptors (Lipinski definition) is 6. The van der Waals surface area contributed by atoms with E-state index in [0.29, 0.717) is 42.6 Å². The van der Waals surface area contributed by atoms with Crippen molar-refractivity contribution in [1.82, 2.24) is 25.1 Å². The maximum Gasteiger partial charge on any atom is 0.282 e. The monoisotopic (exact) mass is 569 g/mol. The first kappa shape index (κ1) is 26.6. The summed E-state index contributed by atoms with van der Waals surface area (Å²) in [5.41, 5.74) is 5.01. The third-order valence-electron chi connectivity index (χ3n) is 6.68. The van der Waals surface area contributed by atoms with Gasteiger partial charge in [0.1, 0.15) is 24.0 Å². The maximum absolute atomic E-state index is 13.2. The normalized spacial score (nSPS) is 18.3. The lowest BCUT2D eigenvalue weighted by Gasteiger charge is -2.31. The van der Waals surface area contributed by atoms with Crippen molar-refractivity contribution < 1.29 is 27.2 Å². The summed E-state index contributed by atoms with van der Waals surface area (Å²) in [5.74, 6) is 0.0860. The molecule has 2 aliphatic heterocycles. The number of hydrogen-bond donors (Lipinski definition) is 1. The van der Waals surface area contributed by atoms with Gasteiger partial charge in [-0.15, -0.1) is 22.9 Å². The van der Waals surface area contributed by atoms with Crippen molar-refractivity contribution in [1.29, 1.82) is 0 Å². The fourth-order valence-corrected chi connectivity index (χ4v) is 5.87. The highest BCUT2D eigenvalue weighted by atomic mass is 35.5. The number of nitrogens with one attached hydrogen (secondary N) is 1. The van der Waals surface area contributed by atoms with Gasteiger partial charge >= 0.3 is 0 Å². The lowest BCUT2D eigenvalue weighted by atomic mass is 9.97. The number of benzene rings is 1. The zero-order chi connectivity index (χ0) is 26.8. The standard InChI is InChI=1S/C25H24ClF4N5O2S/c26-11-15-3-1-2-4-16(15)21-10-17(33-37-21)19-13-38-25(31-19)14-5-7-34(8-6-14)22(36)12-35-20(24(29)30)9-18(32-35)23(27)28/h1-4,9-10,13-14,21,23-24,33H,5-8,11-12H2. The van der Waals surface area contributed by atoms with Crippen LogP contribution in [0.3, 0.4) is 0 Å². The Labute approximate surface area is 225 Å². The smallest absolute Gasteiger partial charge is 0.282 e. The number of amides is 1. The largest absolute Gasteiger partial charge is 0.341 e. The van der Waals surface area contributed by atoms with Crippen LogP contribution in [0.2, 0.25) is 0 Å². The molecule has 1 N–H and O–H groups in total. The van der Waals surface area contributed by atoms with Gasteiger partial charge in [0.15, 0.2) is 0 Å². The summed E-state index contributed by atoms with van der Waals surface area (Å²) in [6, 6.07) is 8.45. The van der Waals surface area contributed by atoms with E-state index >= 15 is 0 Å². The van der Waals surface area contributed by atoms with Crippen molar-refractivity contribution >= 4 is 34.5 Å². The number of aromatic nitrogens is 3. The number of rotatable bonds is 8. The highest BCUT2D eigenvalue weighted by Crippen LogP contribution is 2.35. The predicted molar refractivity (Wildman–Crippen MR) is 134 cm³/mol. The molecule has 1 atom stereocenters. The van der Waals surface area contributed by atoms with Crippen LogP contribution in [0.25, 0.3) is 5.70 Å². The van der Waals surface area contributed by atoms with Crippen LogP contribution in [-0.4, -0.2) is 38.7 Å². The lowest BCUT2D eigenvalue weighted by Crippen LogP contribution is -2.40. The van der Waals surface area contributed by atoms with E-state index in [2.05, 4.69) is 10.6 Å². The van der Waals surface area contributed by atoms with Gasteiger partial charge in [-0.05, 0) is 36.1 Å². The number of nitrogens with zero attached hydrogens (tertiary/aromatic N) is 4. The van der Waals surface area contributed by atoms with Gasteiger partial charge < -0.3 is 4.90 Å². The second-order valence-electron chi connectivity index (χ2n) is 9.03. The van der Waals surface area contributed by atoms with Crippen LogP contribution in [-0.2, 0) is 22.1 Å². The number of carbonyl (C=O) groups excluding carboxylic acids is 1.